The van der Waals surface area contributed by atoms with Crippen LogP contribution in [0.25, 0.3) is 11.0 Å². The number of anilines is 1. The van der Waals surface area contributed by atoms with Crippen LogP contribution in [-0.2, 0) is 24.1 Å². The summed E-state index contributed by atoms with van der Waals surface area (Å²) < 4.78 is 47.5. The number of piperazine rings is 1. The first kappa shape index (κ1) is 30.3. The smallest absolute Gasteiger partial charge is 0.444 e. The molecule has 2 aliphatic rings. The second-order valence-electron chi connectivity index (χ2n) is 13.2. The van der Waals surface area contributed by atoms with E-state index < -0.39 is 33.9 Å². The first-order chi connectivity index (χ1) is 19.4. The third kappa shape index (κ3) is 5.38. The van der Waals surface area contributed by atoms with Crippen LogP contribution >= 0.6 is 0 Å². The van der Waals surface area contributed by atoms with Gasteiger partial charge < -0.3 is 23.8 Å². The number of aryl methyl sites for hydroxylation is 1. The van der Waals surface area contributed by atoms with Crippen molar-refractivity contribution in [2.45, 2.75) is 90.1 Å². The summed E-state index contributed by atoms with van der Waals surface area (Å²) in [4.78, 5) is 25.8. The molecule has 226 valence electrons. The lowest BCUT2D eigenvalue weighted by molar-refractivity contribution is 0.00578. The molecule has 11 nitrogen and oxygen atoms in total. The van der Waals surface area contributed by atoms with Crippen molar-refractivity contribution >= 4 is 45.5 Å². The van der Waals surface area contributed by atoms with E-state index in [1.807, 2.05) is 62.3 Å². The maximum absolute atomic E-state index is 14.0. The molecule has 0 bridgehead atoms. The number of rotatable bonds is 4. The molecule has 0 spiro atoms. The minimum absolute atomic E-state index is 0.143. The van der Waals surface area contributed by atoms with E-state index in [-0.39, 0.29) is 22.7 Å². The zero-order valence-electron chi connectivity index (χ0n) is 25.8. The van der Waals surface area contributed by atoms with Crippen molar-refractivity contribution < 1.29 is 27.3 Å². The van der Waals surface area contributed by atoms with Gasteiger partial charge in [0.15, 0.2) is 5.65 Å². The average molecular weight is 598 g/mol. The SMILES string of the molecule is Cc1ccc(S(=O)(=O)n2cc(B3OC(C)(C)C(C)(C)O3)c3c(N4CCN(C(=O)OC(C)(C)C)CC4C)ncnc32)cc1. The summed E-state index contributed by atoms with van der Waals surface area (Å²) in [5, 5.41) is 0.532. The molecule has 1 amide bonds. The maximum atomic E-state index is 14.0. The van der Waals surface area contributed by atoms with Gasteiger partial charge in [-0.25, -0.2) is 27.2 Å². The van der Waals surface area contributed by atoms with E-state index in [0.29, 0.717) is 36.3 Å². The summed E-state index contributed by atoms with van der Waals surface area (Å²) in [5.74, 6) is 0.555. The number of aromatic nitrogens is 3. The molecular weight excluding hydrogens is 557 g/mol. The number of ether oxygens (including phenoxy) is 1. The van der Waals surface area contributed by atoms with Crippen LogP contribution < -0.4 is 10.4 Å². The lowest BCUT2D eigenvalue weighted by Crippen LogP contribution is -2.55. The van der Waals surface area contributed by atoms with Gasteiger partial charge in [-0.1, -0.05) is 17.7 Å². The molecule has 3 aromatic rings. The largest absolute Gasteiger partial charge is 0.497 e. The van der Waals surface area contributed by atoms with E-state index in [4.69, 9.17) is 14.0 Å². The fourth-order valence-electron chi connectivity index (χ4n) is 5.18. The average Bonchev–Trinajstić information content (AvgIpc) is 3.37. The monoisotopic (exact) mass is 597 g/mol. The summed E-state index contributed by atoms with van der Waals surface area (Å²) in [5.41, 5.74) is -0.189. The lowest BCUT2D eigenvalue weighted by atomic mass is 9.79. The number of carbonyl (C=O) groups excluding carboxylic acids is 1. The van der Waals surface area contributed by atoms with E-state index in [0.717, 1.165) is 5.56 Å². The van der Waals surface area contributed by atoms with Crippen LogP contribution in [0.2, 0.25) is 0 Å². The number of nitrogens with zero attached hydrogens (tertiary/aromatic N) is 5. The van der Waals surface area contributed by atoms with Crippen molar-refractivity contribution in [1.29, 1.82) is 0 Å². The number of hydrogen-bond donors (Lipinski definition) is 0. The van der Waals surface area contributed by atoms with Gasteiger partial charge in [0.1, 0.15) is 17.7 Å². The highest BCUT2D eigenvalue weighted by atomic mass is 32.2. The Morgan fingerprint density at radius 3 is 2.24 bits per heavy atom. The predicted molar refractivity (Wildman–Crippen MR) is 162 cm³/mol. The van der Waals surface area contributed by atoms with Crippen molar-refractivity contribution in [2.24, 2.45) is 0 Å². The first-order valence-electron chi connectivity index (χ1n) is 14.2. The van der Waals surface area contributed by atoms with Gasteiger partial charge in [0.25, 0.3) is 10.0 Å². The van der Waals surface area contributed by atoms with Crippen molar-refractivity contribution in [2.75, 3.05) is 24.5 Å². The van der Waals surface area contributed by atoms with Crippen LogP contribution in [0.15, 0.2) is 41.7 Å². The summed E-state index contributed by atoms with van der Waals surface area (Å²) in [6, 6.07) is 6.56. The van der Waals surface area contributed by atoms with Gasteiger partial charge in [-0.15, -0.1) is 0 Å². The molecule has 0 saturated carbocycles. The maximum Gasteiger partial charge on any atom is 0.497 e. The van der Waals surface area contributed by atoms with Crippen molar-refractivity contribution in [3.05, 3.63) is 42.4 Å². The van der Waals surface area contributed by atoms with Gasteiger partial charge in [-0.3, -0.25) is 0 Å². The van der Waals surface area contributed by atoms with E-state index in [1.165, 1.54) is 10.3 Å². The Morgan fingerprint density at radius 2 is 1.67 bits per heavy atom. The highest BCUT2D eigenvalue weighted by molar-refractivity contribution is 7.90. The first-order valence-corrected chi connectivity index (χ1v) is 15.6. The summed E-state index contributed by atoms with van der Waals surface area (Å²) >= 11 is 0. The topological polar surface area (TPSA) is 116 Å². The highest BCUT2D eigenvalue weighted by Gasteiger charge is 2.53. The Labute approximate surface area is 248 Å². The van der Waals surface area contributed by atoms with Gasteiger partial charge in [0.05, 0.1) is 21.5 Å². The molecular formula is C29H40BN5O6S. The highest BCUT2D eigenvalue weighted by Crippen LogP contribution is 2.38. The Kier molecular flexibility index (Phi) is 7.39. The molecule has 1 unspecified atom stereocenters. The summed E-state index contributed by atoms with van der Waals surface area (Å²) in [7, 11) is -4.87. The Morgan fingerprint density at radius 1 is 1.05 bits per heavy atom. The van der Waals surface area contributed by atoms with Crippen LogP contribution in [-0.4, -0.2) is 82.9 Å². The second kappa shape index (κ2) is 10.2. The Balaban J connectivity index is 1.61. The third-order valence-electron chi connectivity index (χ3n) is 8.20. The van der Waals surface area contributed by atoms with Crippen LogP contribution in [0, 0.1) is 6.92 Å². The van der Waals surface area contributed by atoms with Crippen molar-refractivity contribution in [3.8, 4) is 0 Å². The predicted octanol–water partition coefficient (Wildman–Crippen LogP) is 3.72. The minimum atomic E-state index is -4.02. The molecule has 1 atom stereocenters. The third-order valence-corrected chi connectivity index (χ3v) is 9.86. The summed E-state index contributed by atoms with van der Waals surface area (Å²) in [6.45, 7) is 18.5. The minimum Gasteiger partial charge on any atom is -0.444 e. The van der Waals surface area contributed by atoms with Gasteiger partial charge in [0, 0.05) is 37.3 Å². The molecule has 42 heavy (non-hydrogen) atoms. The molecule has 0 aliphatic carbocycles. The number of fused-ring (bicyclic) bond motifs is 1. The molecule has 0 N–H and O–H groups in total. The zero-order valence-corrected chi connectivity index (χ0v) is 26.7. The van der Waals surface area contributed by atoms with Crippen molar-refractivity contribution in [3.63, 3.8) is 0 Å². The molecule has 2 fully saturated rings. The van der Waals surface area contributed by atoms with Crippen molar-refractivity contribution in [1.82, 2.24) is 18.8 Å². The van der Waals surface area contributed by atoms with E-state index in [9.17, 15) is 13.2 Å². The number of amides is 1. The molecule has 2 saturated heterocycles. The van der Waals surface area contributed by atoms with Crippen LogP contribution in [0.4, 0.5) is 10.6 Å². The summed E-state index contributed by atoms with van der Waals surface area (Å²) in [6.07, 6.45) is 2.55. The lowest BCUT2D eigenvalue weighted by Gasteiger charge is -2.41. The molecule has 2 aromatic heterocycles. The molecule has 13 heteroatoms. The van der Waals surface area contributed by atoms with Gasteiger partial charge >= 0.3 is 13.2 Å². The molecule has 4 heterocycles. The van der Waals surface area contributed by atoms with Gasteiger partial charge in [0.2, 0.25) is 0 Å². The number of benzene rings is 1. The van der Waals surface area contributed by atoms with E-state index in [1.54, 1.807) is 35.4 Å². The zero-order chi connectivity index (χ0) is 30.8. The van der Waals surface area contributed by atoms with Crippen LogP contribution in [0.3, 0.4) is 0 Å². The fourth-order valence-corrected chi connectivity index (χ4v) is 6.51. The van der Waals surface area contributed by atoms with Crippen LogP contribution in [0.1, 0.15) is 61.0 Å². The van der Waals surface area contributed by atoms with Crippen LogP contribution in [0.5, 0.6) is 0 Å². The second-order valence-corrected chi connectivity index (χ2v) is 15.0. The number of hydrogen-bond acceptors (Lipinski definition) is 9. The van der Waals surface area contributed by atoms with E-state index >= 15 is 0 Å². The Hall–Kier alpha value is -3.16. The molecule has 5 rings (SSSR count). The van der Waals surface area contributed by atoms with Gasteiger partial charge in [-0.05, 0) is 74.4 Å². The normalized spacial score (nSPS) is 20.8. The standard InChI is InChI=1S/C29H40BN5O6S/c1-19-10-12-21(13-11-19)42(37,38)35-17-22(30-40-28(6,7)29(8,9)41-30)23-24(31-18-32-25(23)35)34-15-14-33(16-20(34)2)26(36)39-27(3,4)5/h10-13,17-18,20H,14-16H2,1-9H3. The number of carbonyl (C=O) groups is 1. The van der Waals surface area contributed by atoms with Gasteiger partial charge in [-0.2, -0.15) is 0 Å². The fraction of sp³-hybridized carbons (Fsp3) is 0.552. The Bertz CT molecular complexity index is 1600. The van der Waals surface area contributed by atoms with E-state index in [2.05, 4.69) is 14.9 Å². The molecule has 0 radical (unpaired) electrons. The molecule has 2 aliphatic heterocycles. The quantitative estimate of drug-likeness (QED) is 0.415. The molecule has 1 aromatic carbocycles.